The summed E-state index contributed by atoms with van der Waals surface area (Å²) in [5.74, 6) is -2.77. The van der Waals surface area contributed by atoms with E-state index in [1.807, 2.05) is 0 Å². The van der Waals surface area contributed by atoms with E-state index in [9.17, 15) is 13.6 Å². The van der Waals surface area contributed by atoms with Crippen molar-refractivity contribution in [1.29, 1.82) is 0 Å². The Morgan fingerprint density at radius 1 is 1.09 bits per heavy atom. The predicted molar refractivity (Wildman–Crippen MR) is 75.1 cm³/mol. The van der Waals surface area contributed by atoms with Crippen molar-refractivity contribution in [3.63, 3.8) is 0 Å². The molecule has 0 saturated heterocycles. The molecule has 1 heterocycles. The number of hydrogen-bond donors (Lipinski definition) is 1. The summed E-state index contributed by atoms with van der Waals surface area (Å²) in [6.45, 7) is 0. The third-order valence-corrected chi connectivity index (χ3v) is 3.05. The first-order chi connectivity index (χ1) is 10.6. The van der Waals surface area contributed by atoms with E-state index in [2.05, 4.69) is 4.98 Å². The second-order valence-corrected chi connectivity index (χ2v) is 4.50. The van der Waals surface area contributed by atoms with E-state index in [4.69, 9.17) is 9.84 Å². The molecule has 0 atom stereocenters. The summed E-state index contributed by atoms with van der Waals surface area (Å²) in [6.07, 6.45) is 1.25. The lowest BCUT2D eigenvalue weighted by Gasteiger charge is -2.09. The lowest BCUT2D eigenvalue weighted by Crippen LogP contribution is -2.03. The SMILES string of the molecule is O=C(O)c1c(F)cccc1Oc1cnc2c(F)cccc2c1. The molecule has 3 aromatic rings. The summed E-state index contributed by atoms with van der Waals surface area (Å²) in [5, 5.41) is 9.54. The molecular formula is C16H9F2NO3. The van der Waals surface area contributed by atoms with Gasteiger partial charge in [-0.15, -0.1) is 0 Å². The third-order valence-electron chi connectivity index (χ3n) is 3.05. The lowest BCUT2D eigenvalue weighted by molar-refractivity contribution is 0.0689. The summed E-state index contributed by atoms with van der Waals surface area (Å²) in [7, 11) is 0. The van der Waals surface area contributed by atoms with Gasteiger partial charge < -0.3 is 9.84 Å². The summed E-state index contributed by atoms with van der Waals surface area (Å²) >= 11 is 0. The molecule has 0 radical (unpaired) electrons. The van der Waals surface area contributed by atoms with E-state index in [1.165, 1.54) is 36.5 Å². The van der Waals surface area contributed by atoms with Crippen LogP contribution in [0.1, 0.15) is 10.4 Å². The maximum atomic E-state index is 13.6. The quantitative estimate of drug-likeness (QED) is 0.794. The van der Waals surface area contributed by atoms with Gasteiger partial charge in [-0.3, -0.25) is 0 Å². The fourth-order valence-electron chi connectivity index (χ4n) is 2.08. The van der Waals surface area contributed by atoms with Gasteiger partial charge in [0.25, 0.3) is 0 Å². The molecule has 6 heteroatoms. The highest BCUT2D eigenvalue weighted by Gasteiger charge is 2.17. The standard InChI is InChI=1S/C16H9F2NO3/c17-11-4-2-6-13(14(11)16(20)21)22-10-7-9-3-1-5-12(18)15(9)19-8-10/h1-8H,(H,20,21). The lowest BCUT2D eigenvalue weighted by atomic mass is 10.2. The highest BCUT2D eigenvalue weighted by molar-refractivity contribution is 5.91. The molecule has 0 spiro atoms. The molecule has 0 aliphatic rings. The summed E-state index contributed by atoms with van der Waals surface area (Å²) in [5.41, 5.74) is -0.394. The van der Waals surface area contributed by atoms with Crippen LogP contribution in [0, 0.1) is 11.6 Å². The minimum atomic E-state index is -1.44. The first-order valence-electron chi connectivity index (χ1n) is 6.30. The van der Waals surface area contributed by atoms with Crippen LogP contribution in [0.4, 0.5) is 8.78 Å². The van der Waals surface area contributed by atoms with Crippen LogP contribution >= 0.6 is 0 Å². The van der Waals surface area contributed by atoms with Crippen LogP contribution in [0.3, 0.4) is 0 Å². The maximum Gasteiger partial charge on any atom is 0.342 e. The summed E-state index contributed by atoms with van der Waals surface area (Å²) < 4.78 is 32.5. The molecule has 22 heavy (non-hydrogen) atoms. The van der Waals surface area contributed by atoms with Crippen molar-refractivity contribution >= 4 is 16.9 Å². The molecule has 0 aliphatic heterocycles. The van der Waals surface area contributed by atoms with Crippen LogP contribution in [0.15, 0.2) is 48.7 Å². The second-order valence-electron chi connectivity index (χ2n) is 4.50. The zero-order chi connectivity index (χ0) is 15.7. The van der Waals surface area contributed by atoms with E-state index < -0.39 is 23.2 Å². The first kappa shape index (κ1) is 13.9. The molecule has 0 saturated carbocycles. The molecule has 1 aromatic heterocycles. The van der Waals surface area contributed by atoms with Crippen LogP contribution in [0.25, 0.3) is 10.9 Å². The number of benzene rings is 2. The number of para-hydroxylation sites is 1. The van der Waals surface area contributed by atoms with Crippen LogP contribution in [0.2, 0.25) is 0 Å². The number of hydrogen-bond acceptors (Lipinski definition) is 3. The van der Waals surface area contributed by atoms with Gasteiger partial charge in [0.15, 0.2) is 0 Å². The molecule has 0 unspecified atom stereocenters. The van der Waals surface area contributed by atoms with Crippen LogP contribution < -0.4 is 4.74 Å². The average Bonchev–Trinajstić information content (AvgIpc) is 2.47. The van der Waals surface area contributed by atoms with Crippen molar-refractivity contribution in [2.24, 2.45) is 0 Å². The maximum absolute atomic E-state index is 13.6. The molecule has 3 rings (SSSR count). The van der Waals surface area contributed by atoms with Crippen molar-refractivity contribution in [2.75, 3.05) is 0 Å². The Bertz CT molecular complexity index is 880. The van der Waals surface area contributed by atoms with E-state index >= 15 is 0 Å². The Labute approximate surface area is 123 Å². The normalized spacial score (nSPS) is 10.6. The minimum absolute atomic E-state index is 0.148. The van der Waals surface area contributed by atoms with Crippen molar-refractivity contribution in [3.8, 4) is 11.5 Å². The molecule has 0 fully saturated rings. The molecule has 1 N–H and O–H groups in total. The number of fused-ring (bicyclic) bond motifs is 1. The predicted octanol–water partition coefficient (Wildman–Crippen LogP) is 4.00. The van der Waals surface area contributed by atoms with Crippen molar-refractivity contribution in [1.82, 2.24) is 4.98 Å². The number of nitrogens with zero attached hydrogens (tertiary/aromatic N) is 1. The Balaban J connectivity index is 2.04. The number of aromatic carboxylic acids is 1. The average molecular weight is 301 g/mol. The van der Waals surface area contributed by atoms with Gasteiger partial charge in [0.05, 0.1) is 6.20 Å². The highest BCUT2D eigenvalue weighted by Crippen LogP contribution is 2.29. The zero-order valence-corrected chi connectivity index (χ0v) is 11.1. The topological polar surface area (TPSA) is 59.4 Å². The van der Waals surface area contributed by atoms with Gasteiger partial charge >= 0.3 is 5.97 Å². The highest BCUT2D eigenvalue weighted by atomic mass is 19.1. The van der Waals surface area contributed by atoms with Gasteiger partial charge in [-0.05, 0) is 24.3 Å². The van der Waals surface area contributed by atoms with E-state index in [1.54, 1.807) is 6.07 Å². The Morgan fingerprint density at radius 2 is 1.82 bits per heavy atom. The number of carbonyl (C=O) groups is 1. The van der Waals surface area contributed by atoms with Crippen molar-refractivity contribution in [3.05, 3.63) is 65.9 Å². The largest absolute Gasteiger partial charge is 0.477 e. The van der Waals surface area contributed by atoms with Gasteiger partial charge in [-0.2, -0.15) is 0 Å². The van der Waals surface area contributed by atoms with Gasteiger partial charge in [0.2, 0.25) is 0 Å². The third kappa shape index (κ3) is 2.46. The number of carboxylic acids is 1. The smallest absolute Gasteiger partial charge is 0.342 e. The van der Waals surface area contributed by atoms with Gasteiger partial charge in [-0.1, -0.05) is 18.2 Å². The first-order valence-corrected chi connectivity index (χ1v) is 6.30. The second kappa shape index (κ2) is 5.40. The zero-order valence-electron chi connectivity index (χ0n) is 11.1. The van der Waals surface area contributed by atoms with Crippen molar-refractivity contribution in [2.45, 2.75) is 0 Å². The number of pyridine rings is 1. The molecule has 4 nitrogen and oxygen atoms in total. The molecule has 0 aliphatic carbocycles. The van der Waals surface area contributed by atoms with E-state index in [-0.39, 0.29) is 17.0 Å². The fraction of sp³-hybridized carbons (Fsp3) is 0. The molecule has 0 amide bonds. The fourth-order valence-corrected chi connectivity index (χ4v) is 2.08. The molecular weight excluding hydrogens is 292 g/mol. The minimum Gasteiger partial charge on any atom is -0.477 e. The monoisotopic (exact) mass is 301 g/mol. The Morgan fingerprint density at radius 3 is 2.59 bits per heavy atom. The van der Waals surface area contributed by atoms with E-state index in [0.717, 1.165) is 6.07 Å². The van der Waals surface area contributed by atoms with Crippen LogP contribution in [0.5, 0.6) is 11.5 Å². The molecule has 0 bridgehead atoms. The molecule has 110 valence electrons. The summed E-state index contributed by atoms with van der Waals surface area (Å²) in [4.78, 5) is 15.0. The number of ether oxygens (including phenoxy) is 1. The van der Waals surface area contributed by atoms with Crippen molar-refractivity contribution < 1.29 is 23.4 Å². The van der Waals surface area contributed by atoms with Gasteiger partial charge in [0, 0.05) is 5.39 Å². The van der Waals surface area contributed by atoms with Gasteiger partial charge in [0.1, 0.15) is 34.2 Å². The summed E-state index contributed by atoms with van der Waals surface area (Å²) in [6, 6.07) is 9.65. The number of aromatic nitrogens is 1. The Kier molecular flexibility index (Phi) is 3.42. The Hall–Kier alpha value is -3.02. The molecule has 2 aromatic carbocycles. The van der Waals surface area contributed by atoms with E-state index in [0.29, 0.717) is 5.39 Å². The van der Waals surface area contributed by atoms with Gasteiger partial charge in [-0.25, -0.2) is 18.6 Å². The number of carboxylic acid groups (broad SMARTS) is 1. The van der Waals surface area contributed by atoms with Crippen LogP contribution in [-0.2, 0) is 0 Å². The van der Waals surface area contributed by atoms with Crippen LogP contribution in [-0.4, -0.2) is 16.1 Å². The number of rotatable bonds is 3. The number of halogens is 2.